The van der Waals surface area contributed by atoms with Gasteiger partial charge in [-0.3, -0.25) is 14.8 Å². The zero-order valence-corrected chi connectivity index (χ0v) is 10.8. The minimum atomic E-state index is -0.164. The fourth-order valence-corrected chi connectivity index (χ4v) is 1.70. The molecule has 0 fully saturated rings. The van der Waals surface area contributed by atoms with Crippen LogP contribution in [-0.4, -0.2) is 15.9 Å². The van der Waals surface area contributed by atoms with Crippen molar-refractivity contribution in [3.63, 3.8) is 0 Å². The van der Waals surface area contributed by atoms with Crippen LogP contribution in [0.2, 0.25) is 0 Å². The Morgan fingerprint density at radius 3 is 2.72 bits per heavy atom. The van der Waals surface area contributed by atoms with Crippen LogP contribution in [0, 0.1) is 6.92 Å². The fourth-order valence-electron chi connectivity index (χ4n) is 1.44. The van der Waals surface area contributed by atoms with Gasteiger partial charge in [0.15, 0.2) is 0 Å². The number of thiol groups is 1. The molecule has 18 heavy (non-hydrogen) atoms. The van der Waals surface area contributed by atoms with Gasteiger partial charge in [0.2, 0.25) is 0 Å². The number of amides is 1. The van der Waals surface area contributed by atoms with Crippen LogP contribution < -0.4 is 5.32 Å². The smallest absolute Gasteiger partial charge is 0.252 e. The molecule has 1 aromatic heterocycles. The molecule has 0 bridgehead atoms. The Hall–Kier alpha value is -1.88. The average molecular weight is 259 g/mol. The third-order valence-corrected chi connectivity index (χ3v) is 2.80. The van der Waals surface area contributed by atoms with Gasteiger partial charge in [0, 0.05) is 11.1 Å². The summed E-state index contributed by atoms with van der Waals surface area (Å²) in [5.41, 5.74) is 2.14. The molecule has 0 saturated carbocycles. The number of benzene rings is 1. The van der Waals surface area contributed by atoms with Crippen LogP contribution >= 0.6 is 12.6 Å². The van der Waals surface area contributed by atoms with Crippen LogP contribution in [0.3, 0.4) is 0 Å². The number of carbonyl (C=O) groups is 1. The summed E-state index contributed by atoms with van der Waals surface area (Å²) in [5, 5.41) is 2.79. The van der Waals surface area contributed by atoms with E-state index in [0.717, 1.165) is 11.4 Å². The largest absolute Gasteiger partial charge is 0.346 e. The summed E-state index contributed by atoms with van der Waals surface area (Å²) in [6.45, 7) is 2.22. The highest BCUT2D eigenvalue weighted by atomic mass is 32.1. The summed E-state index contributed by atoms with van der Waals surface area (Å²) in [4.78, 5) is 20.8. The van der Waals surface area contributed by atoms with Gasteiger partial charge in [0.1, 0.15) is 0 Å². The highest BCUT2D eigenvalue weighted by Gasteiger charge is 2.08. The first kappa shape index (κ1) is 12.6. The van der Waals surface area contributed by atoms with E-state index < -0.39 is 0 Å². The lowest BCUT2D eigenvalue weighted by Crippen LogP contribution is -2.23. The molecule has 0 aliphatic carbocycles. The summed E-state index contributed by atoms with van der Waals surface area (Å²) >= 11 is 4.24. The van der Waals surface area contributed by atoms with Gasteiger partial charge in [-0.2, -0.15) is 0 Å². The van der Waals surface area contributed by atoms with Crippen molar-refractivity contribution in [2.75, 3.05) is 0 Å². The first-order valence-electron chi connectivity index (χ1n) is 5.50. The van der Waals surface area contributed by atoms with E-state index >= 15 is 0 Å². The molecule has 5 heteroatoms. The quantitative estimate of drug-likeness (QED) is 0.829. The molecule has 2 rings (SSSR count). The second-order valence-corrected chi connectivity index (χ2v) is 4.33. The molecule has 0 saturated heterocycles. The first-order chi connectivity index (χ1) is 8.66. The van der Waals surface area contributed by atoms with Gasteiger partial charge < -0.3 is 5.32 Å². The van der Waals surface area contributed by atoms with Crippen LogP contribution in [0.4, 0.5) is 0 Å². The predicted molar refractivity (Wildman–Crippen MR) is 71.6 cm³/mol. The van der Waals surface area contributed by atoms with Gasteiger partial charge in [-0.05, 0) is 19.1 Å². The van der Waals surface area contributed by atoms with E-state index in [1.807, 2.05) is 13.0 Å². The van der Waals surface area contributed by atoms with Crippen LogP contribution in [0.5, 0.6) is 0 Å². The Balaban J connectivity index is 2.01. The van der Waals surface area contributed by atoms with E-state index in [1.165, 1.54) is 0 Å². The minimum Gasteiger partial charge on any atom is -0.346 e. The van der Waals surface area contributed by atoms with Crippen molar-refractivity contribution in [1.29, 1.82) is 0 Å². The summed E-state index contributed by atoms with van der Waals surface area (Å²) in [6.07, 6.45) is 3.33. The molecular weight excluding hydrogens is 246 g/mol. The van der Waals surface area contributed by atoms with Gasteiger partial charge >= 0.3 is 0 Å². The van der Waals surface area contributed by atoms with E-state index in [0.29, 0.717) is 17.0 Å². The maximum atomic E-state index is 11.9. The highest BCUT2D eigenvalue weighted by Crippen LogP contribution is 2.12. The topological polar surface area (TPSA) is 54.9 Å². The van der Waals surface area contributed by atoms with E-state index in [4.69, 9.17) is 0 Å². The van der Waals surface area contributed by atoms with Crippen molar-refractivity contribution in [3.05, 3.63) is 53.6 Å². The number of hydrogen-bond acceptors (Lipinski definition) is 4. The zero-order valence-electron chi connectivity index (χ0n) is 9.92. The SMILES string of the molecule is Cc1cnc(CNC(=O)c2ccccc2S)cn1. The van der Waals surface area contributed by atoms with Crippen molar-refractivity contribution in [2.24, 2.45) is 0 Å². The maximum Gasteiger partial charge on any atom is 0.252 e. The second-order valence-electron chi connectivity index (χ2n) is 3.85. The van der Waals surface area contributed by atoms with Gasteiger partial charge in [-0.25, -0.2) is 0 Å². The molecule has 0 spiro atoms. The van der Waals surface area contributed by atoms with Crippen LogP contribution in [0.15, 0.2) is 41.6 Å². The number of rotatable bonds is 3. The lowest BCUT2D eigenvalue weighted by Gasteiger charge is -2.06. The number of aryl methyl sites for hydroxylation is 1. The Morgan fingerprint density at radius 2 is 2.06 bits per heavy atom. The first-order valence-corrected chi connectivity index (χ1v) is 5.95. The van der Waals surface area contributed by atoms with Gasteiger partial charge in [-0.15, -0.1) is 12.6 Å². The van der Waals surface area contributed by atoms with Crippen LogP contribution in [-0.2, 0) is 6.54 Å². The number of nitrogens with zero attached hydrogens (tertiary/aromatic N) is 2. The van der Waals surface area contributed by atoms with Crippen molar-refractivity contribution in [2.45, 2.75) is 18.4 Å². The van der Waals surface area contributed by atoms with Crippen LogP contribution in [0.1, 0.15) is 21.7 Å². The Morgan fingerprint density at radius 1 is 1.28 bits per heavy atom. The van der Waals surface area contributed by atoms with Gasteiger partial charge in [0.05, 0.1) is 29.7 Å². The van der Waals surface area contributed by atoms with Crippen molar-refractivity contribution >= 4 is 18.5 Å². The predicted octanol–water partition coefficient (Wildman–Crippen LogP) is 2.00. The third kappa shape index (κ3) is 3.07. The van der Waals surface area contributed by atoms with E-state index in [9.17, 15) is 4.79 Å². The molecular formula is C13H13N3OS. The minimum absolute atomic E-state index is 0.164. The zero-order chi connectivity index (χ0) is 13.0. The van der Waals surface area contributed by atoms with E-state index in [2.05, 4.69) is 27.9 Å². The molecule has 1 N–H and O–H groups in total. The lowest BCUT2D eigenvalue weighted by molar-refractivity contribution is 0.0947. The Bertz CT molecular complexity index is 554. The van der Waals surface area contributed by atoms with Crippen molar-refractivity contribution in [1.82, 2.24) is 15.3 Å². The molecule has 1 heterocycles. The molecule has 1 aromatic carbocycles. The van der Waals surface area contributed by atoms with E-state index in [-0.39, 0.29) is 5.91 Å². The van der Waals surface area contributed by atoms with Crippen molar-refractivity contribution < 1.29 is 4.79 Å². The summed E-state index contributed by atoms with van der Waals surface area (Å²) in [6, 6.07) is 7.16. The molecule has 0 aliphatic heterocycles. The molecule has 4 nitrogen and oxygen atoms in total. The normalized spacial score (nSPS) is 10.1. The van der Waals surface area contributed by atoms with Crippen molar-refractivity contribution in [3.8, 4) is 0 Å². The number of nitrogens with one attached hydrogen (secondary N) is 1. The molecule has 92 valence electrons. The fraction of sp³-hybridized carbons (Fsp3) is 0.154. The highest BCUT2D eigenvalue weighted by molar-refractivity contribution is 7.80. The monoisotopic (exact) mass is 259 g/mol. The number of aromatic nitrogens is 2. The Labute approximate surface area is 111 Å². The third-order valence-electron chi connectivity index (χ3n) is 2.41. The average Bonchev–Trinajstić information content (AvgIpc) is 2.38. The summed E-state index contributed by atoms with van der Waals surface area (Å²) < 4.78 is 0. The second kappa shape index (κ2) is 5.64. The van der Waals surface area contributed by atoms with Crippen LogP contribution in [0.25, 0.3) is 0 Å². The summed E-state index contributed by atoms with van der Waals surface area (Å²) in [5.74, 6) is -0.164. The number of hydrogen-bond donors (Lipinski definition) is 2. The molecule has 0 radical (unpaired) electrons. The maximum absolute atomic E-state index is 11.9. The molecule has 0 aliphatic rings. The standard InChI is InChI=1S/C13H13N3OS/c1-9-6-15-10(7-14-9)8-16-13(17)11-4-2-3-5-12(11)18/h2-7,18H,8H2,1H3,(H,16,17). The lowest BCUT2D eigenvalue weighted by atomic mass is 10.2. The molecule has 0 unspecified atom stereocenters. The Kier molecular flexibility index (Phi) is 3.94. The summed E-state index contributed by atoms with van der Waals surface area (Å²) in [7, 11) is 0. The van der Waals surface area contributed by atoms with Gasteiger partial charge in [0.25, 0.3) is 5.91 Å². The molecule has 2 aromatic rings. The van der Waals surface area contributed by atoms with E-state index in [1.54, 1.807) is 30.6 Å². The van der Waals surface area contributed by atoms with Gasteiger partial charge in [-0.1, -0.05) is 12.1 Å². The molecule has 1 amide bonds. The molecule has 0 atom stereocenters. The number of carbonyl (C=O) groups excluding carboxylic acids is 1.